The minimum atomic E-state index is -4.10. The predicted molar refractivity (Wildman–Crippen MR) is 99.5 cm³/mol. The maximum atomic E-state index is 13.1. The fourth-order valence-corrected chi connectivity index (χ4v) is 5.35. The molecule has 3 heterocycles. The third-order valence-corrected chi connectivity index (χ3v) is 7.12. The van der Waals surface area contributed by atoms with Crippen molar-refractivity contribution in [1.29, 1.82) is 0 Å². The molecule has 3 rings (SSSR count). The molecule has 1 N–H and O–H groups in total. The van der Waals surface area contributed by atoms with Crippen LogP contribution in [0.2, 0.25) is 0 Å². The Morgan fingerprint density at radius 2 is 1.96 bits per heavy atom. The van der Waals surface area contributed by atoms with Gasteiger partial charge in [0.25, 0.3) is 5.56 Å². The lowest BCUT2D eigenvalue weighted by molar-refractivity contribution is -0.122. The smallest absolute Gasteiger partial charge is 0.330 e. The molecule has 1 atom stereocenters. The number of likely N-dealkylation sites (tertiary alicyclic amines) is 1. The maximum absolute atomic E-state index is 13.1. The van der Waals surface area contributed by atoms with Gasteiger partial charge in [0.15, 0.2) is 4.90 Å². The number of likely N-dealkylation sites (N-methyl/N-ethyl adjacent to an activating group) is 1. The molecule has 0 saturated carbocycles. The van der Waals surface area contributed by atoms with Crippen LogP contribution in [0.5, 0.6) is 0 Å². The molecule has 1 spiro atoms. The van der Waals surface area contributed by atoms with E-state index in [0.717, 1.165) is 15.3 Å². The summed E-state index contributed by atoms with van der Waals surface area (Å²) < 4.78 is 35.3. The van der Waals surface area contributed by atoms with Gasteiger partial charge < -0.3 is 14.6 Å². The molecular formula is C16H25N5O6S. The van der Waals surface area contributed by atoms with Gasteiger partial charge in [-0.05, 0) is 6.42 Å². The van der Waals surface area contributed by atoms with Crippen LogP contribution in [0.15, 0.2) is 20.7 Å². The number of amides is 1. The standard InChI is InChI=1S/C16H25N5O6S/c1-17-13(22)9-20-5-4-16(10-20)11-21(6-7-27-16)28(25,26)12-8-18(2)15(24)19(3)14(12)23/h8H,4-7,9-11H2,1-3H3,(H,17,22). The monoisotopic (exact) mass is 415 g/mol. The summed E-state index contributed by atoms with van der Waals surface area (Å²) in [5.74, 6) is -0.119. The first kappa shape index (κ1) is 20.7. The van der Waals surface area contributed by atoms with E-state index < -0.39 is 31.8 Å². The summed E-state index contributed by atoms with van der Waals surface area (Å²) in [5.41, 5.74) is -2.16. The van der Waals surface area contributed by atoms with Crippen LogP contribution in [0.3, 0.4) is 0 Å². The van der Waals surface area contributed by atoms with Gasteiger partial charge in [-0.3, -0.25) is 19.1 Å². The third-order valence-electron chi connectivity index (χ3n) is 5.29. The minimum Gasteiger partial charge on any atom is -0.371 e. The van der Waals surface area contributed by atoms with Crippen LogP contribution in [0.25, 0.3) is 0 Å². The number of carbonyl (C=O) groups excluding carboxylic acids is 1. The van der Waals surface area contributed by atoms with Crippen molar-refractivity contribution in [3.8, 4) is 0 Å². The van der Waals surface area contributed by atoms with Gasteiger partial charge in [-0.2, -0.15) is 4.31 Å². The highest BCUT2D eigenvalue weighted by molar-refractivity contribution is 7.89. The number of aromatic nitrogens is 2. The van der Waals surface area contributed by atoms with E-state index in [2.05, 4.69) is 5.32 Å². The number of hydrogen-bond donors (Lipinski definition) is 1. The Morgan fingerprint density at radius 1 is 1.25 bits per heavy atom. The first-order valence-corrected chi connectivity index (χ1v) is 10.4. The van der Waals surface area contributed by atoms with Gasteiger partial charge in [-0.15, -0.1) is 0 Å². The number of nitrogens with zero attached hydrogens (tertiary/aromatic N) is 4. The van der Waals surface area contributed by atoms with Gasteiger partial charge >= 0.3 is 5.69 Å². The summed E-state index contributed by atoms with van der Waals surface area (Å²) in [6.07, 6.45) is 1.65. The molecule has 1 aromatic rings. The zero-order valence-corrected chi connectivity index (χ0v) is 17.0. The maximum Gasteiger partial charge on any atom is 0.330 e. The van der Waals surface area contributed by atoms with E-state index in [1.165, 1.54) is 18.4 Å². The Bertz CT molecular complexity index is 1000. The van der Waals surface area contributed by atoms with Crippen molar-refractivity contribution in [2.75, 3.05) is 46.4 Å². The van der Waals surface area contributed by atoms with Gasteiger partial charge in [-0.25, -0.2) is 13.2 Å². The van der Waals surface area contributed by atoms with Gasteiger partial charge in [0.2, 0.25) is 15.9 Å². The SMILES string of the molecule is CNC(=O)CN1CCC2(C1)CN(S(=O)(=O)c1cn(C)c(=O)n(C)c1=O)CCO2. The number of rotatable bonds is 4. The molecule has 156 valence electrons. The summed E-state index contributed by atoms with van der Waals surface area (Å²) in [6, 6.07) is 0. The lowest BCUT2D eigenvalue weighted by atomic mass is 10.0. The number of hydrogen-bond acceptors (Lipinski definition) is 7. The second-order valence-corrected chi connectivity index (χ2v) is 9.16. The lowest BCUT2D eigenvalue weighted by Crippen LogP contribution is -2.56. The molecule has 11 nitrogen and oxygen atoms in total. The molecule has 0 aliphatic carbocycles. The number of ether oxygens (including phenoxy) is 1. The molecule has 1 unspecified atom stereocenters. The van der Waals surface area contributed by atoms with E-state index in [9.17, 15) is 22.8 Å². The van der Waals surface area contributed by atoms with Gasteiger partial charge in [0.05, 0.1) is 18.8 Å². The Kier molecular flexibility index (Phi) is 5.49. The molecule has 1 amide bonds. The van der Waals surface area contributed by atoms with Crippen LogP contribution >= 0.6 is 0 Å². The molecule has 2 fully saturated rings. The van der Waals surface area contributed by atoms with E-state index in [4.69, 9.17) is 4.74 Å². The van der Waals surface area contributed by atoms with Gasteiger partial charge in [0, 0.05) is 53.5 Å². The average molecular weight is 415 g/mol. The van der Waals surface area contributed by atoms with Crippen molar-refractivity contribution in [2.24, 2.45) is 14.1 Å². The molecule has 12 heteroatoms. The normalized spacial score (nSPS) is 24.0. The van der Waals surface area contributed by atoms with E-state index >= 15 is 0 Å². The molecule has 0 bridgehead atoms. The van der Waals surface area contributed by atoms with E-state index in [0.29, 0.717) is 19.5 Å². The molecule has 2 aliphatic rings. The highest BCUT2D eigenvalue weighted by Gasteiger charge is 2.46. The van der Waals surface area contributed by atoms with E-state index in [-0.39, 0.29) is 32.1 Å². The van der Waals surface area contributed by atoms with E-state index in [1.54, 1.807) is 7.05 Å². The number of nitrogens with one attached hydrogen (secondary N) is 1. The molecule has 2 aliphatic heterocycles. The molecular weight excluding hydrogens is 390 g/mol. The molecule has 0 radical (unpaired) electrons. The summed E-state index contributed by atoms with van der Waals surface area (Å²) >= 11 is 0. The van der Waals surface area contributed by atoms with Gasteiger partial charge in [-0.1, -0.05) is 0 Å². The Labute approximate surface area is 162 Å². The van der Waals surface area contributed by atoms with Crippen LogP contribution in [-0.4, -0.2) is 84.6 Å². The first-order chi connectivity index (χ1) is 13.1. The van der Waals surface area contributed by atoms with Crippen LogP contribution < -0.4 is 16.6 Å². The number of sulfonamides is 1. The summed E-state index contributed by atoms with van der Waals surface area (Å²) in [7, 11) is 0.108. The first-order valence-electron chi connectivity index (χ1n) is 8.93. The summed E-state index contributed by atoms with van der Waals surface area (Å²) in [5, 5.41) is 2.57. The van der Waals surface area contributed by atoms with Crippen molar-refractivity contribution in [2.45, 2.75) is 16.9 Å². The fraction of sp³-hybridized carbons (Fsp3) is 0.688. The highest BCUT2D eigenvalue weighted by Crippen LogP contribution is 2.31. The number of carbonyl (C=O) groups is 1. The average Bonchev–Trinajstić information content (AvgIpc) is 3.04. The second kappa shape index (κ2) is 7.43. The van der Waals surface area contributed by atoms with Crippen molar-refractivity contribution in [3.05, 3.63) is 27.0 Å². The van der Waals surface area contributed by atoms with Crippen molar-refractivity contribution < 1.29 is 17.9 Å². The van der Waals surface area contributed by atoms with Crippen molar-refractivity contribution >= 4 is 15.9 Å². The Balaban J connectivity index is 1.86. The van der Waals surface area contributed by atoms with Crippen molar-refractivity contribution in [3.63, 3.8) is 0 Å². The molecule has 1 aromatic heterocycles. The number of morpholine rings is 1. The molecule has 2 saturated heterocycles. The minimum absolute atomic E-state index is 0.0889. The lowest BCUT2D eigenvalue weighted by Gasteiger charge is -2.39. The largest absolute Gasteiger partial charge is 0.371 e. The number of aryl methyl sites for hydroxylation is 1. The highest BCUT2D eigenvalue weighted by atomic mass is 32.2. The molecule has 0 aromatic carbocycles. The topological polar surface area (TPSA) is 123 Å². The quantitative estimate of drug-likeness (QED) is 0.567. The van der Waals surface area contributed by atoms with Gasteiger partial charge in [0.1, 0.15) is 0 Å². The van der Waals surface area contributed by atoms with Crippen LogP contribution in [0.4, 0.5) is 0 Å². The second-order valence-electron chi connectivity index (χ2n) is 7.25. The Hall–Kier alpha value is -2.02. The summed E-state index contributed by atoms with van der Waals surface area (Å²) in [4.78, 5) is 37.4. The fourth-order valence-electron chi connectivity index (χ4n) is 3.70. The zero-order valence-electron chi connectivity index (χ0n) is 16.2. The Morgan fingerprint density at radius 3 is 2.64 bits per heavy atom. The van der Waals surface area contributed by atoms with Crippen LogP contribution in [0, 0.1) is 0 Å². The van der Waals surface area contributed by atoms with Crippen LogP contribution in [0.1, 0.15) is 6.42 Å². The predicted octanol–water partition coefficient (Wildman–Crippen LogP) is -2.70. The molecule has 28 heavy (non-hydrogen) atoms. The van der Waals surface area contributed by atoms with Crippen molar-refractivity contribution in [1.82, 2.24) is 23.7 Å². The van der Waals surface area contributed by atoms with Crippen LogP contribution in [-0.2, 0) is 33.7 Å². The third kappa shape index (κ3) is 3.64. The van der Waals surface area contributed by atoms with E-state index in [1.807, 2.05) is 4.90 Å². The summed E-state index contributed by atoms with van der Waals surface area (Å²) in [6.45, 7) is 1.66. The zero-order chi connectivity index (χ0) is 20.7.